The van der Waals surface area contributed by atoms with Crippen LogP contribution in [0, 0.1) is 10.8 Å². The van der Waals surface area contributed by atoms with Gasteiger partial charge in [0, 0.05) is 34.8 Å². The van der Waals surface area contributed by atoms with Crippen LogP contribution in [0.2, 0.25) is 0 Å². The van der Waals surface area contributed by atoms with Gasteiger partial charge in [0.15, 0.2) is 6.17 Å². The highest BCUT2D eigenvalue weighted by molar-refractivity contribution is 9.12. The van der Waals surface area contributed by atoms with Crippen LogP contribution in [0.5, 0.6) is 0 Å². The van der Waals surface area contributed by atoms with Crippen LogP contribution in [0.3, 0.4) is 0 Å². The number of carbonyl (C=O) groups is 4. The normalized spacial score (nSPS) is 16.5. The van der Waals surface area contributed by atoms with Crippen LogP contribution in [-0.2, 0) is 9.59 Å². The third kappa shape index (κ3) is 8.88. The maximum atomic E-state index is 13.1. The van der Waals surface area contributed by atoms with Gasteiger partial charge >= 0.3 is 12.1 Å². The lowest BCUT2D eigenvalue weighted by Gasteiger charge is -2.26. The molecule has 0 bridgehead atoms. The molecule has 0 fully saturated rings. The van der Waals surface area contributed by atoms with Crippen LogP contribution >= 0.6 is 15.9 Å². The van der Waals surface area contributed by atoms with Crippen molar-refractivity contribution >= 4 is 51.7 Å². The first-order chi connectivity index (χ1) is 16.6. The quantitative estimate of drug-likeness (QED) is 0.246. The van der Waals surface area contributed by atoms with Gasteiger partial charge in [0.1, 0.15) is 6.04 Å². The van der Waals surface area contributed by atoms with Crippen molar-refractivity contribution in [3.8, 4) is 10.8 Å². The molecule has 12 heteroatoms. The summed E-state index contributed by atoms with van der Waals surface area (Å²) in [5.41, 5.74) is 1.38. The summed E-state index contributed by atoms with van der Waals surface area (Å²) in [6, 6.07) is 5.33. The second kappa shape index (κ2) is 13.3. The summed E-state index contributed by atoms with van der Waals surface area (Å²) < 4.78 is 0. The first-order valence-corrected chi connectivity index (χ1v) is 11.4. The predicted octanol–water partition coefficient (Wildman–Crippen LogP) is 1.31. The van der Waals surface area contributed by atoms with Crippen molar-refractivity contribution in [1.29, 1.82) is 0 Å². The lowest BCUT2D eigenvalue weighted by molar-refractivity contribution is -0.131. The van der Waals surface area contributed by atoms with Crippen molar-refractivity contribution < 1.29 is 24.3 Å². The fraction of sp³-hybridized carbons (Fsp3) is 0.348. The number of aliphatic hydroxyl groups is 1. The Hall–Kier alpha value is -3.69. The van der Waals surface area contributed by atoms with Crippen LogP contribution in [-0.4, -0.2) is 71.0 Å². The van der Waals surface area contributed by atoms with Gasteiger partial charge in [0.2, 0.25) is 11.8 Å². The Kier molecular flexibility index (Phi) is 10.4. The van der Waals surface area contributed by atoms with Crippen molar-refractivity contribution in [1.82, 2.24) is 20.9 Å². The molecule has 4 atom stereocenters. The monoisotopic (exact) mass is 546 g/mol. The number of urea groups is 2. The zero-order valence-corrected chi connectivity index (χ0v) is 21.0. The molecule has 3 unspecified atom stereocenters. The Morgan fingerprint density at radius 2 is 1.83 bits per heavy atom. The average Bonchev–Trinajstić information content (AvgIpc) is 3.20. The molecule has 0 radical (unpaired) electrons. The molecule has 1 aromatic carbocycles. The second-order valence-corrected chi connectivity index (χ2v) is 8.11. The number of nitrogens with one attached hydrogen (secondary N) is 4. The Bertz CT molecular complexity index is 1060. The minimum Gasteiger partial charge on any atom is -0.391 e. The first-order valence-electron chi connectivity index (χ1n) is 10.6. The Morgan fingerprint density at radius 3 is 2.37 bits per heavy atom. The molecule has 6 amide bonds. The van der Waals surface area contributed by atoms with E-state index in [1.807, 2.05) is 13.0 Å². The number of carbonyl (C=O) groups excluding carboxylic acids is 4. The number of allylic oxidation sites excluding steroid dienone is 1. The average molecular weight is 547 g/mol. The fourth-order valence-electron chi connectivity index (χ4n) is 3.08. The van der Waals surface area contributed by atoms with E-state index in [-0.39, 0.29) is 6.54 Å². The van der Waals surface area contributed by atoms with E-state index in [1.165, 1.54) is 13.8 Å². The third-order valence-corrected chi connectivity index (χ3v) is 4.92. The molecular formula is C23H27BrN6O5. The highest BCUT2D eigenvalue weighted by Crippen LogP contribution is 2.12. The number of anilines is 1. The minimum atomic E-state index is -1.28. The van der Waals surface area contributed by atoms with Crippen molar-refractivity contribution in [3.63, 3.8) is 0 Å². The van der Waals surface area contributed by atoms with E-state index in [0.29, 0.717) is 5.69 Å². The number of halogens is 1. The number of hydrogen-bond acceptors (Lipinski definition) is 6. The molecule has 35 heavy (non-hydrogen) atoms. The topological polar surface area (TPSA) is 152 Å². The van der Waals surface area contributed by atoms with Crippen LogP contribution in [0.25, 0.3) is 0 Å². The molecule has 1 heterocycles. The Labute approximate surface area is 211 Å². The Morgan fingerprint density at radius 1 is 1.14 bits per heavy atom. The summed E-state index contributed by atoms with van der Waals surface area (Å²) in [5.74, 6) is 1.24. The zero-order valence-electron chi connectivity index (χ0n) is 19.4. The van der Waals surface area contributed by atoms with E-state index in [1.54, 1.807) is 36.5 Å². The van der Waals surface area contributed by atoms with Gasteiger partial charge in [-0.15, -0.1) is 0 Å². The smallest absolute Gasteiger partial charge is 0.330 e. The third-order valence-electron chi connectivity index (χ3n) is 4.69. The van der Waals surface area contributed by atoms with Crippen molar-refractivity contribution in [2.45, 2.75) is 45.1 Å². The number of amides is 6. The van der Waals surface area contributed by atoms with E-state index in [9.17, 15) is 24.3 Å². The van der Waals surface area contributed by atoms with Crippen molar-refractivity contribution in [2.75, 3.05) is 11.9 Å². The van der Waals surface area contributed by atoms with E-state index in [2.05, 4.69) is 52.9 Å². The molecule has 11 nitrogen and oxygen atoms in total. The van der Waals surface area contributed by atoms with Gasteiger partial charge in [0.25, 0.3) is 0 Å². The number of hydrogen-bond donors (Lipinski definition) is 5. The van der Waals surface area contributed by atoms with Gasteiger partial charge in [-0.2, -0.15) is 0 Å². The van der Waals surface area contributed by atoms with E-state index in [0.717, 1.165) is 10.5 Å². The van der Waals surface area contributed by atoms with Gasteiger partial charge in [-0.1, -0.05) is 24.3 Å². The van der Waals surface area contributed by atoms with Crippen LogP contribution in [0.1, 0.15) is 20.8 Å². The molecule has 0 spiro atoms. The number of aliphatic imine (C=N–C) groups is 1. The Balaban J connectivity index is 2.19. The zero-order chi connectivity index (χ0) is 26.0. The maximum absolute atomic E-state index is 13.1. The molecule has 1 aliphatic rings. The number of imide groups is 1. The van der Waals surface area contributed by atoms with Gasteiger partial charge < -0.3 is 26.4 Å². The van der Waals surface area contributed by atoms with Gasteiger partial charge in [-0.3, -0.25) is 14.6 Å². The van der Waals surface area contributed by atoms with E-state index >= 15 is 0 Å². The molecule has 1 aromatic rings. The molecule has 2 rings (SSSR count). The lowest BCUT2D eigenvalue weighted by atomic mass is 10.1. The number of rotatable bonds is 8. The molecule has 0 saturated heterocycles. The van der Waals surface area contributed by atoms with Crippen LogP contribution in [0.15, 0.2) is 47.0 Å². The minimum absolute atomic E-state index is 0.0665. The SMILES string of the molecule is CC(=O)NC(C(=O)NC(C#CBr)NC(=O)N(CC1C=C(C)C=N1)C(=O)Nc1ccccc1)[C@@H](C)O. The largest absolute Gasteiger partial charge is 0.391 e. The summed E-state index contributed by atoms with van der Waals surface area (Å²) in [6.45, 7) is 4.31. The van der Waals surface area contributed by atoms with E-state index in [4.69, 9.17) is 0 Å². The lowest BCUT2D eigenvalue weighted by Crippen LogP contribution is -2.59. The standard InChI is InChI=1S/C23H27BrN6O5/c1-14-11-18(25-12-14)13-30(22(34)27-17-7-5-4-6-8-17)23(35)29-19(9-10-24)28-21(33)20(15(2)31)26-16(3)32/h4-8,11-12,15,18-20,31H,13H2,1-3H3,(H,26,32)(H,27,34)(H,28,33)(H,29,35)/t15-,18?,19?,20?/m1/s1. The van der Waals surface area contributed by atoms with E-state index < -0.39 is 48.2 Å². The van der Waals surface area contributed by atoms with Crippen LogP contribution < -0.4 is 21.3 Å². The molecule has 5 N–H and O–H groups in total. The molecule has 0 saturated carbocycles. The van der Waals surface area contributed by atoms with Gasteiger partial charge in [0.05, 0.1) is 18.7 Å². The van der Waals surface area contributed by atoms with Gasteiger partial charge in [-0.05, 0) is 42.3 Å². The van der Waals surface area contributed by atoms with Crippen molar-refractivity contribution in [2.24, 2.45) is 4.99 Å². The highest BCUT2D eigenvalue weighted by Gasteiger charge is 2.30. The summed E-state index contributed by atoms with van der Waals surface area (Å²) in [6.07, 6.45) is 0.998. The van der Waals surface area contributed by atoms with Crippen molar-refractivity contribution in [3.05, 3.63) is 42.0 Å². The predicted molar refractivity (Wildman–Crippen MR) is 135 cm³/mol. The fourth-order valence-corrected chi connectivity index (χ4v) is 3.31. The first kappa shape index (κ1) is 27.6. The number of para-hydroxylation sites is 1. The second-order valence-electron chi connectivity index (χ2n) is 7.71. The number of benzene rings is 1. The number of nitrogens with zero attached hydrogens (tertiary/aromatic N) is 2. The molecular weight excluding hydrogens is 520 g/mol. The highest BCUT2D eigenvalue weighted by atomic mass is 79.9. The number of aliphatic hydroxyl groups excluding tert-OH is 1. The summed E-state index contributed by atoms with van der Waals surface area (Å²) in [5, 5.41) is 19.7. The van der Waals surface area contributed by atoms with Crippen LogP contribution in [0.4, 0.5) is 15.3 Å². The molecule has 186 valence electrons. The summed E-state index contributed by atoms with van der Waals surface area (Å²) in [4.78, 5) is 57.7. The maximum Gasteiger partial charge on any atom is 0.330 e. The molecule has 0 aliphatic carbocycles. The molecule has 1 aliphatic heterocycles. The molecule has 0 aromatic heterocycles. The summed E-state index contributed by atoms with van der Waals surface area (Å²) in [7, 11) is 0. The van der Waals surface area contributed by atoms with Gasteiger partial charge in [-0.25, -0.2) is 14.5 Å². The summed E-state index contributed by atoms with van der Waals surface area (Å²) >= 11 is 2.92.